The molecule has 1 fully saturated rings. The van der Waals surface area contributed by atoms with Gasteiger partial charge in [0.2, 0.25) is 0 Å². The van der Waals surface area contributed by atoms with Crippen molar-refractivity contribution in [2.24, 2.45) is 5.73 Å². The second kappa shape index (κ2) is 3.92. The molecule has 3 N–H and O–H groups in total. The smallest absolute Gasteiger partial charge is 0.254 e. The fourth-order valence-electron chi connectivity index (χ4n) is 1.66. The molecule has 1 aliphatic carbocycles. The summed E-state index contributed by atoms with van der Waals surface area (Å²) in [6, 6.07) is 0. The van der Waals surface area contributed by atoms with E-state index < -0.39 is 0 Å². The van der Waals surface area contributed by atoms with Gasteiger partial charge in [0.05, 0.1) is 0 Å². The Balaban J connectivity index is 2.21. The summed E-state index contributed by atoms with van der Waals surface area (Å²) in [6.45, 7) is 0.494. The molecule has 0 atom stereocenters. The summed E-state index contributed by atoms with van der Waals surface area (Å²) in [7, 11) is 0. The first kappa shape index (κ1) is 9.40. The Morgan fingerprint density at radius 1 is 1.57 bits per heavy atom. The van der Waals surface area contributed by atoms with Gasteiger partial charge in [0.25, 0.3) is 5.56 Å². The first-order chi connectivity index (χ1) is 6.81. The topological polar surface area (TPSA) is 71.8 Å². The van der Waals surface area contributed by atoms with Crippen LogP contribution in [0.25, 0.3) is 0 Å². The van der Waals surface area contributed by atoms with Gasteiger partial charge in [-0.2, -0.15) is 0 Å². The number of aromatic amines is 1. The van der Waals surface area contributed by atoms with E-state index in [1.54, 1.807) is 6.20 Å². The summed E-state index contributed by atoms with van der Waals surface area (Å²) < 4.78 is 0. The molecule has 1 heterocycles. The molecule has 14 heavy (non-hydrogen) atoms. The van der Waals surface area contributed by atoms with Crippen LogP contribution in [0.4, 0.5) is 0 Å². The highest BCUT2D eigenvalue weighted by Gasteiger charge is 2.21. The molecule has 4 heteroatoms. The Hall–Kier alpha value is -1.16. The molecule has 0 bridgehead atoms. The van der Waals surface area contributed by atoms with Crippen LogP contribution < -0.4 is 11.3 Å². The maximum absolute atomic E-state index is 11.5. The first-order valence-corrected chi connectivity index (χ1v) is 5.09. The van der Waals surface area contributed by atoms with Gasteiger partial charge in [-0.25, -0.2) is 4.98 Å². The van der Waals surface area contributed by atoms with Gasteiger partial charge in [-0.3, -0.25) is 4.79 Å². The zero-order valence-corrected chi connectivity index (χ0v) is 8.12. The van der Waals surface area contributed by atoms with Crippen LogP contribution in [0.3, 0.4) is 0 Å². The molecule has 0 amide bonds. The van der Waals surface area contributed by atoms with Gasteiger partial charge in [0.15, 0.2) is 0 Å². The van der Waals surface area contributed by atoms with Crippen molar-refractivity contribution in [1.29, 1.82) is 0 Å². The third kappa shape index (κ3) is 1.70. The van der Waals surface area contributed by atoms with E-state index in [0.29, 0.717) is 24.4 Å². The zero-order valence-electron chi connectivity index (χ0n) is 8.12. The third-order valence-electron chi connectivity index (χ3n) is 2.80. The number of aromatic nitrogens is 2. The quantitative estimate of drug-likeness (QED) is 0.736. The number of hydrogen-bond donors (Lipinski definition) is 2. The van der Waals surface area contributed by atoms with Crippen LogP contribution in [0.5, 0.6) is 0 Å². The SMILES string of the molecule is NCCc1cnc(C2CCC2)[nH]c1=O. The van der Waals surface area contributed by atoms with Crippen molar-refractivity contribution in [3.63, 3.8) is 0 Å². The minimum Gasteiger partial charge on any atom is -0.330 e. The monoisotopic (exact) mass is 193 g/mol. The Morgan fingerprint density at radius 2 is 2.36 bits per heavy atom. The van der Waals surface area contributed by atoms with Crippen LogP contribution >= 0.6 is 0 Å². The fourth-order valence-corrected chi connectivity index (χ4v) is 1.66. The molecule has 1 aromatic rings. The van der Waals surface area contributed by atoms with Gasteiger partial charge in [0.1, 0.15) is 5.82 Å². The number of nitrogens with two attached hydrogens (primary N) is 1. The van der Waals surface area contributed by atoms with E-state index >= 15 is 0 Å². The standard InChI is InChI=1S/C10H15N3O/c11-5-4-8-6-12-9(13-10(8)14)7-2-1-3-7/h6-7H,1-5,11H2,(H,12,13,14). The van der Waals surface area contributed by atoms with Gasteiger partial charge < -0.3 is 10.7 Å². The lowest BCUT2D eigenvalue weighted by Gasteiger charge is -2.23. The van der Waals surface area contributed by atoms with E-state index in [1.807, 2.05) is 0 Å². The summed E-state index contributed by atoms with van der Waals surface area (Å²) >= 11 is 0. The summed E-state index contributed by atoms with van der Waals surface area (Å²) in [6.07, 6.45) is 5.82. The van der Waals surface area contributed by atoms with E-state index in [2.05, 4.69) is 9.97 Å². The van der Waals surface area contributed by atoms with E-state index in [1.165, 1.54) is 6.42 Å². The average Bonchev–Trinajstić information content (AvgIpc) is 2.07. The van der Waals surface area contributed by atoms with Crippen molar-refractivity contribution < 1.29 is 0 Å². The van der Waals surface area contributed by atoms with Gasteiger partial charge in [0, 0.05) is 17.7 Å². The molecule has 1 aromatic heterocycles. The van der Waals surface area contributed by atoms with E-state index in [-0.39, 0.29) is 5.56 Å². The maximum atomic E-state index is 11.5. The largest absolute Gasteiger partial charge is 0.330 e. The lowest BCUT2D eigenvalue weighted by molar-refractivity contribution is 0.400. The van der Waals surface area contributed by atoms with Crippen LogP contribution in [0, 0.1) is 0 Å². The molecule has 0 unspecified atom stereocenters. The van der Waals surface area contributed by atoms with Crippen molar-refractivity contribution in [3.8, 4) is 0 Å². The van der Waals surface area contributed by atoms with E-state index in [0.717, 1.165) is 18.7 Å². The van der Waals surface area contributed by atoms with Crippen LogP contribution in [-0.4, -0.2) is 16.5 Å². The summed E-state index contributed by atoms with van der Waals surface area (Å²) in [4.78, 5) is 18.6. The Morgan fingerprint density at radius 3 is 2.86 bits per heavy atom. The lowest BCUT2D eigenvalue weighted by Crippen LogP contribution is -2.22. The zero-order chi connectivity index (χ0) is 9.97. The minimum atomic E-state index is -0.0210. The third-order valence-corrected chi connectivity index (χ3v) is 2.80. The van der Waals surface area contributed by atoms with Crippen molar-refractivity contribution in [3.05, 3.63) is 27.9 Å². The molecule has 76 valence electrons. The highest BCUT2D eigenvalue weighted by atomic mass is 16.1. The maximum Gasteiger partial charge on any atom is 0.254 e. The van der Waals surface area contributed by atoms with Gasteiger partial charge in [-0.1, -0.05) is 6.42 Å². The number of H-pyrrole nitrogens is 1. The first-order valence-electron chi connectivity index (χ1n) is 5.09. The second-order valence-corrected chi connectivity index (χ2v) is 3.79. The summed E-state index contributed by atoms with van der Waals surface area (Å²) in [5, 5.41) is 0. The molecular formula is C10H15N3O. The molecule has 0 radical (unpaired) electrons. The summed E-state index contributed by atoms with van der Waals surface area (Å²) in [5.74, 6) is 1.33. The molecule has 0 aliphatic heterocycles. The summed E-state index contributed by atoms with van der Waals surface area (Å²) in [5.41, 5.74) is 6.05. The number of nitrogens with one attached hydrogen (secondary N) is 1. The predicted octanol–water partition coefficient (Wildman–Crippen LogP) is 0.539. The second-order valence-electron chi connectivity index (χ2n) is 3.79. The average molecular weight is 193 g/mol. The molecule has 2 rings (SSSR count). The Kier molecular flexibility index (Phi) is 2.63. The molecule has 0 spiro atoms. The van der Waals surface area contributed by atoms with Crippen LogP contribution in [-0.2, 0) is 6.42 Å². The van der Waals surface area contributed by atoms with Crippen LogP contribution in [0.1, 0.15) is 36.6 Å². The highest BCUT2D eigenvalue weighted by Crippen LogP contribution is 2.33. The number of rotatable bonds is 3. The normalized spacial score (nSPS) is 16.6. The van der Waals surface area contributed by atoms with E-state index in [9.17, 15) is 4.79 Å². The predicted molar refractivity (Wildman–Crippen MR) is 54.2 cm³/mol. The fraction of sp³-hybridized carbons (Fsp3) is 0.600. The van der Waals surface area contributed by atoms with Crippen molar-refractivity contribution >= 4 is 0 Å². The molecular weight excluding hydrogens is 178 g/mol. The van der Waals surface area contributed by atoms with Crippen LogP contribution in [0.2, 0.25) is 0 Å². The Bertz CT molecular complexity index is 368. The molecule has 4 nitrogen and oxygen atoms in total. The molecule has 1 saturated carbocycles. The highest BCUT2D eigenvalue weighted by molar-refractivity contribution is 5.09. The van der Waals surface area contributed by atoms with Gasteiger partial charge in [-0.05, 0) is 25.8 Å². The van der Waals surface area contributed by atoms with E-state index in [4.69, 9.17) is 5.73 Å². The van der Waals surface area contributed by atoms with Gasteiger partial charge in [-0.15, -0.1) is 0 Å². The lowest BCUT2D eigenvalue weighted by atomic mass is 9.85. The minimum absolute atomic E-state index is 0.0210. The molecule has 0 saturated heterocycles. The molecule has 1 aliphatic rings. The van der Waals surface area contributed by atoms with Crippen LogP contribution in [0.15, 0.2) is 11.0 Å². The number of nitrogens with zero attached hydrogens (tertiary/aromatic N) is 1. The van der Waals surface area contributed by atoms with Crippen molar-refractivity contribution in [2.75, 3.05) is 6.54 Å². The van der Waals surface area contributed by atoms with Crippen molar-refractivity contribution in [2.45, 2.75) is 31.6 Å². The van der Waals surface area contributed by atoms with Crippen molar-refractivity contribution in [1.82, 2.24) is 9.97 Å². The van der Waals surface area contributed by atoms with Gasteiger partial charge >= 0.3 is 0 Å². The molecule has 0 aromatic carbocycles. The number of hydrogen-bond acceptors (Lipinski definition) is 3. The Labute approximate surface area is 82.6 Å².